The summed E-state index contributed by atoms with van der Waals surface area (Å²) in [6.07, 6.45) is 1.06. The maximum atomic E-state index is 11.3. The summed E-state index contributed by atoms with van der Waals surface area (Å²) >= 11 is 0. The molecule has 2 aromatic rings. The fourth-order valence-electron chi connectivity index (χ4n) is 1.42. The van der Waals surface area contributed by atoms with Crippen molar-refractivity contribution >= 4 is 19.7 Å². The number of ether oxygens (including phenoxy) is 1. The average molecular weight is 274 g/mol. The third-order valence-electron chi connectivity index (χ3n) is 2.15. The van der Waals surface area contributed by atoms with Gasteiger partial charge in [0, 0.05) is 10.7 Å². The highest BCUT2D eigenvalue weighted by Gasteiger charge is 2.23. The molecule has 0 fully saturated rings. The number of rotatable bonds is 3. The van der Waals surface area contributed by atoms with Gasteiger partial charge in [0.15, 0.2) is 10.7 Å². The summed E-state index contributed by atoms with van der Waals surface area (Å²) in [6, 6.07) is 6.83. The van der Waals surface area contributed by atoms with Gasteiger partial charge in [-0.2, -0.15) is 0 Å². The standard InChI is InChI=1S/C10H8ClNO4S/c1-15-8-5-3-2-4-7(8)10-9(6-12-16-10)17(11,13)14/h2-6H,1H3. The molecule has 0 aliphatic carbocycles. The van der Waals surface area contributed by atoms with E-state index in [0.717, 1.165) is 6.20 Å². The number of hydrogen-bond donors (Lipinski definition) is 0. The van der Waals surface area contributed by atoms with E-state index < -0.39 is 9.05 Å². The molecule has 0 atom stereocenters. The van der Waals surface area contributed by atoms with Crippen molar-refractivity contribution in [2.24, 2.45) is 0 Å². The van der Waals surface area contributed by atoms with E-state index in [2.05, 4.69) is 5.16 Å². The summed E-state index contributed by atoms with van der Waals surface area (Å²) in [6.45, 7) is 0. The molecule has 7 heteroatoms. The first-order chi connectivity index (χ1) is 8.04. The van der Waals surface area contributed by atoms with Gasteiger partial charge < -0.3 is 9.26 Å². The van der Waals surface area contributed by atoms with Crippen LogP contribution in [0.25, 0.3) is 11.3 Å². The Bertz CT molecular complexity index is 635. The van der Waals surface area contributed by atoms with Gasteiger partial charge in [0.1, 0.15) is 5.75 Å². The highest BCUT2D eigenvalue weighted by Crippen LogP contribution is 2.35. The van der Waals surface area contributed by atoms with Gasteiger partial charge in [-0.1, -0.05) is 17.3 Å². The van der Waals surface area contributed by atoms with Gasteiger partial charge in [-0.25, -0.2) is 8.42 Å². The molecule has 0 bridgehead atoms. The van der Waals surface area contributed by atoms with Crippen molar-refractivity contribution < 1.29 is 17.7 Å². The summed E-state index contributed by atoms with van der Waals surface area (Å²) in [4.78, 5) is -0.177. The van der Waals surface area contributed by atoms with Crippen LogP contribution in [-0.4, -0.2) is 20.7 Å². The molecule has 0 unspecified atom stereocenters. The Kier molecular flexibility index (Phi) is 3.08. The predicted molar refractivity (Wildman–Crippen MR) is 61.5 cm³/mol. The van der Waals surface area contributed by atoms with E-state index in [-0.39, 0.29) is 10.7 Å². The van der Waals surface area contributed by atoms with Crippen LogP contribution in [0.1, 0.15) is 0 Å². The van der Waals surface area contributed by atoms with Crippen LogP contribution >= 0.6 is 10.7 Å². The molecular formula is C10H8ClNO4S. The zero-order valence-corrected chi connectivity index (χ0v) is 10.3. The molecule has 1 heterocycles. The van der Waals surface area contributed by atoms with E-state index in [1.165, 1.54) is 7.11 Å². The number of hydrogen-bond acceptors (Lipinski definition) is 5. The van der Waals surface area contributed by atoms with Gasteiger partial charge in [0.2, 0.25) is 0 Å². The number of nitrogens with zero attached hydrogens (tertiary/aromatic N) is 1. The molecule has 90 valence electrons. The molecule has 0 aliphatic heterocycles. The van der Waals surface area contributed by atoms with Crippen molar-refractivity contribution in [3.05, 3.63) is 30.5 Å². The highest BCUT2D eigenvalue weighted by atomic mass is 35.7. The van der Waals surface area contributed by atoms with Crippen LogP contribution in [0.5, 0.6) is 5.75 Å². The molecule has 1 aromatic heterocycles. The van der Waals surface area contributed by atoms with Gasteiger partial charge >= 0.3 is 0 Å². The highest BCUT2D eigenvalue weighted by molar-refractivity contribution is 8.13. The molecule has 1 aromatic carbocycles. The molecule has 2 rings (SSSR count). The van der Waals surface area contributed by atoms with Gasteiger partial charge in [0.05, 0.1) is 18.9 Å². The van der Waals surface area contributed by atoms with Crippen LogP contribution in [-0.2, 0) is 9.05 Å². The monoisotopic (exact) mass is 273 g/mol. The maximum Gasteiger partial charge on any atom is 0.266 e. The van der Waals surface area contributed by atoms with Gasteiger partial charge in [-0.05, 0) is 12.1 Å². The molecule has 0 saturated heterocycles. The zero-order chi connectivity index (χ0) is 12.5. The molecule has 0 saturated carbocycles. The molecule has 0 radical (unpaired) electrons. The van der Waals surface area contributed by atoms with Crippen LogP contribution in [0.4, 0.5) is 0 Å². The van der Waals surface area contributed by atoms with E-state index in [4.69, 9.17) is 19.9 Å². The van der Waals surface area contributed by atoms with Crippen molar-refractivity contribution in [3.63, 3.8) is 0 Å². The van der Waals surface area contributed by atoms with Crippen molar-refractivity contribution in [2.45, 2.75) is 4.90 Å². The molecule has 0 spiro atoms. The minimum Gasteiger partial charge on any atom is -0.496 e. The molecular weight excluding hydrogens is 266 g/mol. The second-order valence-corrected chi connectivity index (χ2v) is 5.69. The van der Waals surface area contributed by atoms with Crippen LogP contribution in [0.15, 0.2) is 39.9 Å². The fraction of sp³-hybridized carbons (Fsp3) is 0.100. The number of methoxy groups -OCH3 is 1. The average Bonchev–Trinajstić information content (AvgIpc) is 2.77. The van der Waals surface area contributed by atoms with Crippen LogP contribution < -0.4 is 4.74 Å². The maximum absolute atomic E-state index is 11.3. The van der Waals surface area contributed by atoms with Crippen molar-refractivity contribution in [2.75, 3.05) is 7.11 Å². The minimum absolute atomic E-state index is 0.0671. The quantitative estimate of drug-likeness (QED) is 0.803. The summed E-state index contributed by atoms with van der Waals surface area (Å²) in [5, 5.41) is 3.45. The Balaban J connectivity index is 2.66. The molecule has 0 aliphatic rings. The van der Waals surface area contributed by atoms with E-state index in [0.29, 0.717) is 11.3 Å². The largest absolute Gasteiger partial charge is 0.496 e. The topological polar surface area (TPSA) is 69.4 Å². The fourth-order valence-corrected chi connectivity index (χ4v) is 2.29. The first-order valence-electron chi connectivity index (χ1n) is 4.57. The van der Waals surface area contributed by atoms with Crippen LogP contribution in [0.2, 0.25) is 0 Å². The molecule has 0 amide bonds. The third kappa shape index (κ3) is 2.27. The Labute approximate surface area is 102 Å². The molecule has 5 nitrogen and oxygen atoms in total. The SMILES string of the molecule is COc1ccccc1-c1oncc1S(=O)(=O)Cl. The lowest BCUT2D eigenvalue weighted by Crippen LogP contribution is -1.93. The summed E-state index contributed by atoms with van der Waals surface area (Å²) in [7, 11) is 2.86. The Morgan fingerprint density at radius 2 is 2.06 bits per heavy atom. The third-order valence-corrected chi connectivity index (χ3v) is 3.47. The smallest absolute Gasteiger partial charge is 0.266 e. The zero-order valence-electron chi connectivity index (χ0n) is 8.75. The summed E-state index contributed by atoms with van der Waals surface area (Å²) in [5.74, 6) is 0.545. The van der Waals surface area contributed by atoms with Gasteiger partial charge in [-0.15, -0.1) is 0 Å². The first kappa shape index (κ1) is 11.9. The Morgan fingerprint density at radius 3 is 2.71 bits per heavy atom. The molecule has 17 heavy (non-hydrogen) atoms. The van der Waals surface area contributed by atoms with Gasteiger partial charge in [0.25, 0.3) is 9.05 Å². The lowest BCUT2D eigenvalue weighted by Gasteiger charge is -2.05. The van der Waals surface area contributed by atoms with Crippen molar-refractivity contribution in [3.8, 4) is 17.1 Å². The Hall–Kier alpha value is -1.53. The van der Waals surface area contributed by atoms with E-state index in [1.807, 2.05) is 0 Å². The summed E-state index contributed by atoms with van der Waals surface area (Å²) in [5.41, 5.74) is 0.478. The molecule has 0 N–H and O–H groups in total. The second kappa shape index (κ2) is 4.38. The van der Waals surface area contributed by atoms with E-state index >= 15 is 0 Å². The second-order valence-electron chi connectivity index (χ2n) is 3.16. The van der Waals surface area contributed by atoms with Crippen LogP contribution in [0, 0.1) is 0 Å². The summed E-state index contributed by atoms with van der Waals surface area (Å²) < 4.78 is 32.7. The lowest BCUT2D eigenvalue weighted by molar-refractivity contribution is 0.405. The lowest BCUT2D eigenvalue weighted by atomic mass is 10.1. The normalized spacial score (nSPS) is 11.4. The first-order valence-corrected chi connectivity index (χ1v) is 6.87. The minimum atomic E-state index is -3.90. The van der Waals surface area contributed by atoms with Gasteiger partial charge in [-0.3, -0.25) is 0 Å². The Morgan fingerprint density at radius 1 is 1.35 bits per heavy atom. The van der Waals surface area contributed by atoms with E-state index in [1.54, 1.807) is 24.3 Å². The number of benzene rings is 1. The van der Waals surface area contributed by atoms with Crippen LogP contribution in [0.3, 0.4) is 0 Å². The number of para-hydroxylation sites is 1. The van der Waals surface area contributed by atoms with Crippen molar-refractivity contribution in [1.82, 2.24) is 5.16 Å². The van der Waals surface area contributed by atoms with Crippen molar-refractivity contribution in [1.29, 1.82) is 0 Å². The number of halogens is 1. The predicted octanol–water partition coefficient (Wildman–Crippen LogP) is 2.28. The number of aromatic nitrogens is 1. The van der Waals surface area contributed by atoms with E-state index in [9.17, 15) is 8.42 Å².